The molecule has 0 bridgehead atoms. The van der Waals surface area contributed by atoms with Gasteiger partial charge in [-0.05, 0) is 53.8 Å². The number of nitrogens with zero attached hydrogens (tertiary/aromatic N) is 5. The fourth-order valence-electron chi connectivity index (χ4n) is 6.36. The number of aryl methyl sites for hydroxylation is 1. The minimum atomic E-state index is -1.13. The van der Waals surface area contributed by atoms with Crippen LogP contribution >= 0.6 is 0 Å². The molecule has 5 N–H and O–H groups in total. The zero-order valence-electron chi connectivity index (χ0n) is 22.7. The summed E-state index contributed by atoms with van der Waals surface area (Å²) in [6, 6.07) is 5.14. The van der Waals surface area contributed by atoms with Gasteiger partial charge in [0.1, 0.15) is 34.1 Å². The number of aromatic nitrogens is 3. The Morgan fingerprint density at radius 2 is 1.98 bits per heavy atom. The molecule has 1 atom stereocenters. The van der Waals surface area contributed by atoms with Gasteiger partial charge in [0.25, 0.3) is 5.91 Å². The number of aromatic hydroxyl groups is 1. The number of rotatable bonds is 4. The molecular formula is C29H28F2N8O3. The number of halogens is 2. The van der Waals surface area contributed by atoms with Crippen molar-refractivity contribution in [3.8, 4) is 17.0 Å². The minimum Gasteiger partial charge on any atom is -0.508 e. The van der Waals surface area contributed by atoms with Crippen molar-refractivity contribution in [3.05, 3.63) is 47.7 Å². The van der Waals surface area contributed by atoms with Gasteiger partial charge in [-0.3, -0.25) is 15.1 Å². The molecule has 11 nitrogen and oxygen atoms in total. The summed E-state index contributed by atoms with van der Waals surface area (Å²) in [5.74, 6) is -1.05. The lowest BCUT2D eigenvalue weighted by Gasteiger charge is -2.40. The van der Waals surface area contributed by atoms with Gasteiger partial charge >= 0.3 is 6.03 Å². The summed E-state index contributed by atoms with van der Waals surface area (Å²) in [4.78, 5) is 42.2. The zero-order chi connectivity index (χ0) is 29.3. The van der Waals surface area contributed by atoms with Crippen LogP contribution in [0.15, 0.2) is 30.5 Å². The zero-order valence-corrected chi connectivity index (χ0v) is 22.7. The van der Waals surface area contributed by atoms with Gasteiger partial charge in [0.2, 0.25) is 5.95 Å². The molecule has 3 fully saturated rings. The first kappa shape index (κ1) is 26.3. The van der Waals surface area contributed by atoms with Crippen LogP contribution in [0.4, 0.5) is 25.3 Å². The van der Waals surface area contributed by atoms with E-state index < -0.39 is 29.1 Å². The number of anilines is 2. The average Bonchev–Trinajstić information content (AvgIpc) is 3.22. The van der Waals surface area contributed by atoms with Gasteiger partial charge in [-0.25, -0.2) is 18.6 Å². The van der Waals surface area contributed by atoms with E-state index in [1.807, 2.05) is 9.80 Å². The number of urea groups is 1. The van der Waals surface area contributed by atoms with E-state index in [2.05, 4.69) is 20.6 Å². The molecule has 3 aliphatic heterocycles. The number of benzene rings is 2. The van der Waals surface area contributed by atoms with E-state index in [1.165, 1.54) is 24.4 Å². The molecule has 2 aromatic carbocycles. The van der Waals surface area contributed by atoms with Crippen LogP contribution in [0.5, 0.6) is 5.75 Å². The Hall–Kier alpha value is -4.65. The largest absolute Gasteiger partial charge is 0.508 e. The monoisotopic (exact) mass is 574 g/mol. The first-order valence-electron chi connectivity index (χ1n) is 13.9. The van der Waals surface area contributed by atoms with Gasteiger partial charge in [0, 0.05) is 37.4 Å². The molecule has 13 heteroatoms. The fraction of sp³-hybridized carbons (Fsp3) is 0.345. The molecule has 2 aromatic heterocycles. The van der Waals surface area contributed by atoms with Crippen molar-refractivity contribution in [2.45, 2.75) is 37.8 Å². The highest BCUT2D eigenvalue weighted by Gasteiger charge is 2.49. The molecule has 0 radical (unpaired) electrons. The lowest BCUT2D eigenvalue weighted by Crippen LogP contribution is -2.59. The van der Waals surface area contributed by atoms with E-state index >= 15 is 4.39 Å². The number of imide groups is 1. The molecule has 3 amide bonds. The van der Waals surface area contributed by atoms with Crippen LogP contribution < -0.4 is 26.2 Å². The van der Waals surface area contributed by atoms with E-state index in [1.54, 1.807) is 13.0 Å². The molecular weight excluding hydrogens is 546 g/mol. The quantitative estimate of drug-likeness (QED) is 0.270. The third kappa shape index (κ3) is 3.98. The predicted molar refractivity (Wildman–Crippen MR) is 152 cm³/mol. The summed E-state index contributed by atoms with van der Waals surface area (Å²) >= 11 is 0. The first-order valence-corrected chi connectivity index (χ1v) is 13.9. The second-order valence-electron chi connectivity index (χ2n) is 11.2. The molecule has 0 saturated carbocycles. The Morgan fingerprint density at radius 3 is 2.69 bits per heavy atom. The highest BCUT2D eigenvalue weighted by molar-refractivity contribution is 6.08. The summed E-state index contributed by atoms with van der Waals surface area (Å²) in [5, 5.41) is 16.9. The molecule has 1 unspecified atom stereocenters. The van der Waals surface area contributed by atoms with Crippen molar-refractivity contribution in [2.24, 2.45) is 5.73 Å². The van der Waals surface area contributed by atoms with Gasteiger partial charge in [-0.1, -0.05) is 13.0 Å². The van der Waals surface area contributed by atoms with Crippen molar-refractivity contribution in [1.29, 1.82) is 0 Å². The predicted octanol–water partition coefficient (Wildman–Crippen LogP) is 2.72. The Kier molecular flexibility index (Phi) is 5.91. The number of phenolic OH excluding ortho intramolecular Hbond substituents is 1. The van der Waals surface area contributed by atoms with E-state index in [0.717, 1.165) is 0 Å². The van der Waals surface area contributed by atoms with E-state index in [-0.39, 0.29) is 41.1 Å². The van der Waals surface area contributed by atoms with Gasteiger partial charge in [-0.15, -0.1) is 0 Å². The van der Waals surface area contributed by atoms with E-state index in [4.69, 9.17) is 10.7 Å². The maximum absolute atomic E-state index is 16.6. The summed E-state index contributed by atoms with van der Waals surface area (Å²) in [6.07, 6.45) is 2.85. The van der Waals surface area contributed by atoms with Crippen LogP contribution in [0, 0.1) is 11.6 Å². The number of amides is 3. The maximum atomic E-state index is 16.6. The topological polar surface area (TPSA) is 150 Å². The number of phenols is 1. The molecule has 4 aromatic rings. The van der Waals surface area contributed by atoms with Crippen LogP contribution in [-0.2, 0) is 11.2 Å². The molecule has 0 aliphatic carbocycles. The Balaban J connectivity index is 1.43. The van der Waals surface area contributed by atoms with Crippen LogP contribution in [0.1, 0.15) is 25.3 Å². The van der Waals surface area contributed by atoms with Crippen molar-refractivity contribution >= 4 is 45.4 Å². The summed E-state index contributed by atoms with van der Waals surface area (Å²) in [6.45, 7) is 3.43. The van der Waals surface area contributed by atoms with Crippen molar-refractivity contribution in [1.82, 2.24) is 25.6 Å². The first-order chi connectivity index (χ1) is 20.2. The van der Waals surface area contributed by atoms with Crippen molar-refractivity contribution in [2.75, 3.05) is 36.0 Å². The Morgan fingerprint density at radius 1 is 1.17 bits per heavy atom. The van der Waals surface area contributed by atoms with Crippen LogP contribution in [0.3, 0.4) is 0 Å². The SMILES string of the molecule is CCc1c(F)ccc2cc(O)cc(-c3ncc4c(N5CCCC6(C5)NC(=O)NC6=O)nc(N5CC(N)C5)nc4c3F)c12. The molecule has 5 heterocycles. The standard InChI is InChI=1S/C29H28F2N8O3/c1-2-17-20(30)5-4-14-8-16(40)9-18(21(14)17)23-22(31)24-19(10-33-23)25(35-27(34-24)39-11-15(32)12-39)38-7-3-6-29(13-38)26(41)36-28(42)37-29/h4-5,8-10,15,40H,2-3,6-7,11-13,32H2,1H3,(H2,36,37,41,42). The third-order valence-electron chi connectivity index (χ3n) is 8.41. The van der Waals surface area contributed by atoms with Gasteiger partial charge in [0.05, 0.1) is 11.9 Å². The number of carbonyl (C=O) groups is 2. The number of nitrogens with two attached hydrogens (primary N) is 1. The summed E-state index contributed by atoms with van der Waals surface area (Å²) < 4.78 is 31.5. The van der Waals surface area contributed by atoms with Gasteiger partial charge in [-0.2, -0.15) is 4.98 Å². The molecule has 42 heavy (non-hydrogen) atoms. The highest BCUT2D eigenvalue weighted by atomic mass is 19.1. The average molecular weight is 575 g/mol. The number of nitrogens with one attached hydrogen (secondary N) is 2. The molecule has 3 aliphatic rings. The normalized spacial score (nSPS) is 20.9. The number of carbonyl (C=O) groups excluding carboxylic acids is 2. The Labute approximate surface area is 238 Å². The number of fused-ring (bicyclic) bond motifs is 2. The van der Waals surface area contributed by atoms with Gasteiger partial charge in [0.15, 0.2) is 5.82 Å². The van der Waals surface area contributed by atoms with E-state index in [0.29, 0.717) is 66.4 Å². The molecule has 1 spiro atoms. The van der Waals surface area contributed by atoms with Crippen LogP contribution in [-0.4, -0.2) is 69.8 Å². The van der Waals surface area contributed by atoms with Crippen LogP contribution in [0.2, 0.25) is 0 Å². The molecule has 216 valence electrons. The smallest absolute Gasteiger partial charge is 0.322 e. The lowest BCUT2D eigenvalue weighted by molar-refractivity contribution is -0.124. The number of hydrogen-bond donors (Lipinski definition) is 4. The summed E-state index contributed by atoms with van der Waals surface area (Å²) in [5.41, 5.74) is 5.42. The number of piperidine rings is 1. The second kappa shape index (κ2) is 9.44. The summed E-state index contributed by atoms with van der Waals surface area (Å²) in [7, 11) is 0. The fourth-order valence-corrected chi connectivity index (χ4v) is 6.36. The minimum absolute atomic E-state index is 0.00838. The number of pyridine rings is 1. The van der Waals surface area contributed by atoms with Crippen molar-refractivity contribution < 1.29 is 23.5 Å². The highest BCUT2D eigenvalue weighted by Crippen LogP contribution is 2.40. The molecule has 3 saturated heterocycles. The number of hydrogen-bond acceptors (Lipinski definition) is 9. The third-order valence-corrected chi connectivity index (χ3v) is 8.41. The maximum Gasteiger partial charge on any atom is 0.322 e. The lowest BCUT2D eigenvalue weighted by atomic mass is 9.89. The van der Waals surface area contributed by atoms with Crippen molar-refractivity contribution in [3.63, 3.8) is 0 Å². The Bertz CT molecular complexity index is 1810. The van der Waals surface area contributed by atoms with Crippen LogP contribution in [0.25, 0.3) is 32.9 Å². The second-order valence-corrected chi connectivity index (χ2v) is 11.2. The molecule has 7 rings (SSSR count). The van der Waals surface area contributed by atoms with Gasteiger partial charge < -0.3 is 26.0 Å². The van der Waals surface area contributed by atoms with E-state index in [9.17, 15) is 19.1 Å².